The molecular formula is C15H23N3O3. The molecule has 1 fully saturated rings. The van der Waals surface area contributed by atoms with Crippen LogP contribution in [0.3, 0.4) is 0 Å². The maximum absolute atomic E-state index is 12.1. The second-order valence-electron chi connectivity index (χ2n) is 5.67. The summed E-state index contributed by atoms with van der Waals surface area (Å²) in [4.78, 5) is 27.6. The third kappa shape index (κ3) is 4.24. The zero-order chi connectivity index (χ0) is 15.2. The molecule has 0 radical (unpaired) electrons. The predicted octanol–water partition coefficient (Wildman–Crippen LogP) is 1.79. The molecule has 6 heteroatoms. The SMILES string of the molecule is CC(C)CCNC(=O)N1CCN(C(=O)c2ccco2)CC1. The van der Waals surface area contributed by atoms with Crippen LogP contribution in [0.2, 0.25) is 0 Å². The summed E-state index contributed by atoms with van der Waals surface area (Å²) in [5, 5.41) is 2.92. The molecule has 0 aromatic carbocycles. The molecule has 2 heterocycles. The van der Waals surface area contributed by atoms with Crippen LogP contribution in [0.15, 0.2) is 22.8 Å². The standard InChI is InChI=1S/C15H23N3O3/c1-12(2)5-6-16-15(20)18-9-7-17(8-10-18)14(19)13-4-3-11-21-13/h3-4,11-12H,5-10H2,1-2H3,(H,16,20). The highest BCUT2D eigenvalue weighted by atomic mass is 16.3. The first-order chi connectivity index (χ1) is 10.1. The first-order valence-electron chi connectivity index (χ1n) is 7.43. The zero-order valence-electron chi connectivity index (χ0n) is 12.7. The second-order valence-corrected chi connectivity index (χ2v) is 5.67. The van der Waals surface area contributed by atoms with Crippen LogP contribution in [0.25, 0.3) is 0 Å². The highest BCUT2D eigenvalue weighted by Gasteiger charge is 2.25. The van der Waals surface area contributed by atoms with Crippen molar-refractivity contribution in [3.8, 4) is 0 Å². The fraction of sp³-hybridized carbons (Fsp3) is 0.600. The van der Waals surface area contributed by atoms with Crippen molar-refractivity contribution in [3.63, 3.8) is 0 Å². The molecule has 3 amide bonds. The third-order valence-electron chi connectivity index (χ3n) is 3.58. The van der Waals surface area contributed by atoms with E-state index < -0.39 is 0 Å². The van der Waals surface area contributed by atoms with Crippen molar-refractivity contribution in [1.82, 2.24) is 15.1 Å². The van der Waals surface area contributed by atoms with Crippen molar-refractivity contribution in [2.75, 3.05) is 32.7 Å². The molecule has 0 aliphatic carbocycles. The molecule has 1 aliphatic rings. The van der Waals surface area contributed by atoms with Gasteiger partial charge in [0.2, 0.25) is 0 Å². The maximum atomic E-state index is 12.1. The van der Waals surface area contributed by atoms with E-state index in [1.165, 1.54) is 6.26 Å². The van der Waals surface area contributed by atoms with Crippen LogP contribution in [-0.2, 0) is 0 Å². The number of urea groups is 1. The molecule has 0 atom stereocenters. The number of piperazine rings is 1. The minimum absolute atomic E-state index is 0.0410. The molecule has 0 saturated carbocycles. The molecule has 1 aliphatic heterocycles. The van der Waals surface area contributed by atoms with E-state index in [2.05, 4.69) is 19.2 Å². The van der Waals surface area contributed by atoms with Gasteiger partial charge in [-0.3, -0.25) is 4.79 Å². The zero-order valence-corrected chi connectivity index (χ0v) is 12.7. The van der Waals surface area contributed by atoms with Gasteiger partial charge in [0.1, 0.15) is 0 Å². The summed E-state index contributed by atoms with van der Waals surface area (Å²) in [5.74, 6) is 0.817. The van der Waals surface area contributed by atoms with E-state index >= 15 is 0 Å². The third-order valence-corrected chi connectivity index (χ3v) is 3.58. The van der Waals surface area contributed by atoms with Gasteiger partial charge < -0.3 is 19.5 Å². The highest BCUT2D eigenvalue weighted by molar-refractivity contribution is 5.91. The summed E-state index contributed by atoms with van der Waals surface area (Å²) < 4.78 is 5.11. The molecular weight excluding hydrogens is 270 g/mol. The van der Waals surface area contributed by atoms with Crippen LogP contribution in [0.4, 0.5) is 4.79 Å². The monoisotopic (exact) mass is 293 g/mol. The Morgan fingerprint density at radius 1 is 1.24 bits per heavy atom. The number of carbonyl (C=O) groups is 2. The Morgan fingerprint density at radius 3 is 2.48 bits per heavy atom. The van der Waals surface area contributed by atoms with Gasteiger partial charge in [0, 0.05) is 32.7 Å². The Hall–Kier alpha value is -1.98. The second kappa shape index (κ2) is 7.15. The number of amides is 3. The van der Waals surface area contributed by atoms with Gasteiger partial charge in [-0.05, 0) is 24.5 Å². The number of rotatable bonds is 4. The molecule has 0 spiro atoms. The largest absolute Gasteiger partial charge is 0.459 e. The maximum Gasteiger partial charge on any atom is 0.317 e. The number of nitrogens with one attached hydrogen (secondary N) is 1. The Labute approximate surface area is 125 Å². The summed E-state index contributed by atoms with van der Waals surface area (Å²) in [6.45, 7) is 7.15. The summed E-state index contributed by atoms with van der Waals surface area (Å²) in [7, 11) is 0. The van der Waals surface area contributed by atoms with Crippen molar-refractivity contribution < 1.29 is 14.0 Å². The van der Waals surface area contributed by atoms with Crippen LogP contribution in [0.5, 0.6) is 0 Å². The van der Waals surface area contributed by atoms with E-state index in [4.69, 9.17) is 4.42 Å². The van der Waals surface area contributed by atoms with E-state index in [0.29, 0.717) is 44.4 Å². The van der Waals surface area contributed by atoms with Gasteiger partial charge in [0.05, 0.1) is 6.26 Å². The van der Waals surface area contributed by atoms with E-state index in [0.717, 1.165) is 6.42 Å². The summed E-state index contributed by atoms with van der Waals surface area (Å²) >= 11 is 0. The van der Waals surface area contributed by atoms with Crippen LogP contribution >= 0.6 is 0 Å². The fourth-order valence-corrected chi connectivity index (χ4v) is 2.25. The lowest BCUT2D eigenvalue weighted by Gasteiger charge is -2.34. The molecule has 6 nitrogen and oxygen atoms in total. The van der Waals surface area contributed by atoms with Crippen molar-refractivity contribution in [1.29, 1.82) is 0 Å². The Balaban J connectivity index is 1.75. The van der Waals surface area contributed by atoms with Crippen molar-refractivity contribution in [3.05, 3.63) is 24.2 Å². The first kappa shape index (κ1) is 15.4. The minimum Gasteiger partial charge on any atom is -0.459 e. The summed E-state index contributed by atoms with van der Waals surface area (Å²) in [6.07, 6.45) is 2.47. The Bertz CT molecular complexity index is 463. The van der Waals surface area contributed by atoms with Crippen LogP contribution in [0, 0.1) is 5.92 Å². The number of furan rings is 1. The van der Waals surface area contributed by atoms with Gasteiger partial charge in [-0.1, -0.05) is 13.8 Å². The normalized spacial score (nSPS) is 15.4. The van der Waals surface area contributed by atoms with E-state index in [1.807, 2.05) is 0 Å². The van der Waals surface area contributed by atoms with Crippen LogP contribution in [0.1, 0.15) is 30.8 Å². The number of hydrogen-bond donors (Lipinski definition) is 1. The lowest BCUT2D eigenvalue weighted by atomic mass is 10.1. The van der Waals surface area contributed by atoms with Gasteiger partial charge in [-0.25, -0.2) is 4.79 Å². The molecule has 0 bridgehead atoms. The molecule has 0 unspecified atom stereocenters. The molecule has 21 heavy (non-hydrogen) atoms. The number of nitrogens with zero attached hydrogens (tertiary/aromatic N) is 2. The summed E-state index contributed by atoms with van der Waals surface area (Å²) in [6, 6.07) is 3.32. The molecule has 1 saturated heterocycles. The van der Waals surface area contributed by atoms with Gasteiger partial charge >= 0.3 is 6.03 Å². The number of carbonyl (C=O) groups excluding carboxylic acids is 2. The van der Waals surface area contributed by atoms with Crippen LogP contribution < -0.4 is 5.32 Å². The molecule has 2 rings (SSSR count). The van der Waals surface area contributed by atoms with E-state index in [-0.39, 0.29) is 11.9 Å². The van der Waals surface area contributed by atoms with Crippen molar-refractivity contribution in [2.45, 2.75) is 20.3 Å². The van der Waals surface area contributed by atoms with Gasteiger partial charge in [0.25, 0.3) is 5.91 Å². The van der Waals surface area contributed by atoms with Crippen molar-refractivity contribution >= 4 is 11.9 Å². The lowest BCUT2D eigenvalue weighted by Crippen LogP contribution is -2.53. The highest BCUT2D eigenvalue weighted by Crippen LogP contribution is 2.09. The molecule has 1 N–H and O–H groups in total. The van der Waals surface area contributed by atoms with Gasteiger partial charge in [0.15, 0.2) is 5.76 Å². The number of hydrogen-bond acceptors (Lipinski definition) is 3. The predicted molar refractivity (Wildman–Crippen MR) is 79.0 cm³/mol. The quantitative estimate of drug-likeness (QED) is 0.920. The van der Waals surface area contributed by atoms with Crippen molar-refractivity contribution in [2.24, 2.45) is 5.92 Å². The summed E-state index contributed by atoms with van der Waals surface area (Å²) in [5.41, 5.74) is 0. The van der Waals surface area contributed by atoms with Crippen LogP contribution in [-0.4, -0.2) is 54.5 Å². The topological polar surface area (TPSA) is 65.8 Å². The van der Waals surface area contributed by atoms with Gasteiger partial charge in [-0.15, -0.1) is 0 Å². The first-order valence-corrected chi connectivity index (χ1v) is 7.43. The van der Waals surface area contributed by atoms with E-state index in [9.17, 15) is 9.59 Å². The molecule has 1 aromatic rings. The molecule has 1 aromatic heterocycles. The smallest absolute Gasteiger partial charge is 0.317 e. The van der Waals surface area contributed by atoms with E-state index in [1.54, 1.807) is 21.9 Å². The molecule has 116 valence electrons. The van der Waals surface area contributed by atoms with Gasteiger partial charge in [-0.2, -0.15) is 0 Å². The average molecular weight is 293 g/mol. The lowest BCUT2D eigenvalue weighted by molar-refractivity contribution is 0.0634. The Kier molecular flexibility index (Phi) is 5.25. The minimum atomic E-state index is -0.111. The average Bonchev–Trinajstić information content (AvgIpc) is 3.00. The Morgan fingerprint density at radius 2 is 1.90 bits per heavy atom. The fourth-order valence-electron chi connectivity index (χ4n) is 2.25.